The van der Waals surface area contributed by atoms with Crippen LogP contribution in [0.3, 0.4) is 0 Å². The number of benzene rings is 1. The van der Waals surface area contributed by atoms with Gasteiger partial charge in [0.05, 0.1) is 12.4 Å². The molecule has 0 atom stereocenters. The van der Waals surface area contributed by atoms with Crippen molar-refractivity contribution in [2.45, 2.75) is 19.3 Å². The van der Waals surface area contributed by atoms with Crippen LogP contribution < -0.4 is 5.32 Å². The molecule has 1 aromatic rings. The van der Waals surface area contributed by atoms with E-state index >= 15 is 0 Å². The van der Waals surface area contributed by atoms with Gasteiger partial charge in [0, 0.05) is 13.0 Å². The van der Waals surface area contributed by atoms with Crippen LogP contribution in [0.1, 0.15) is 18.4 Å². The summed E-state index contributed by atoms with van der Waals surface area (Å²) in [5.41, 5.74) is 1.42. The summed E-state index contributed by atoms with van der Waals surface area (Å²) >= 11 is 0. The highest BCUT2D eigenvalue weighted by atomic mass is 15.1. The topological polar surface area (TPSA) is 24.4 Å². The highest BCUT2D eigenvalue weighted by molar-refractivity contribution is 5.83. The van der Waals surface area contributed by atoms with Crippen LogP contribution in [-0.4, -0.2) is 18.9 Å². The smallest absolute Gasteiger partial charge is 0.0964 e. The molecule has 0 spiro atoms. The van der Waals surface area contributed by atoms with Crippen molar-refractivity contribution in [2.75, 3.05) is 13.1 Å². The second-order valence-electron chi connectivity index (χ2n) is 3.59. The van der Waals surface area contributed by atoms with Crippen molar-refractivity contribution in [1.82, 2.24) is 5.32 Å². The van der Waals surface area contributed by atoms with Crippen molar-refractivity contribution in [3.63, 3.8) is 0 Å². The standard InChI is InChI=1S/C12H16N2/c1-2-5-11(6-3-1)7-4-8-12-13-9-10-14-12/h1-3,5-6H,4,7-10H2,(H,13,14). The van der Waals surface area contributed by atoms with Crippen LogP contribution in [0.5, 0.6) is 0 Å². The molecule has 1 heterocycles. The zero-order valence-corrected chi connectivity index (χ0v) is 8.37. The largest absolute Gasteiger partial charge is 0.372 e. The maximum Gasteiger partial charge on any atom is 0.0964 e. The van der Waals surface area contributed by atoms with Gasteiger partial charge in [0.25, 0.3) is 0 Å². The zero-order valence-electron chi connectivity index (χ0n) is 8.37. The normalized spacial score (nSPS) is 15.0. The quantitative estimate of drug-likeness (QED) is 0.768. The number of aliphatic imine (C=N–C) groups is 1. The summed E-state index contributed by atoms with van der Waals surface area (Å²) in [5.74, 6) is 1.20. The summed E-state index contributed by atoms with van der Waals surface area (Å²) in [6, 6.07) is 10.6. The molecule has 0 bridgehead atoms. The highest BCUT2D eigenvalue weighted by Crippen LogP contribution is 2.05. The van der Waals surface area contributed by atoms with Gasteiger partial charge in [0.15, 0.2) is 0 Å². The van der Waals surface area contributed by atoms with Crippen LogP contribution in [0.25, 0.3) is 0 Å². The lowest BCUT2D eigenvalue weighted by Crippen LogP contribution is -2.18. The Hall–Kier alpha value is -1.31. The molecular formula is C12H16N2. The summed E-state index contributed by atoms with van der Waals surface area (Å²) in [6.07, 6.45) is 3.44. The number of hydrogen-bond acceptors (Lipinski definition) is 2. The van der Waals surface area contributed by atoms with Crippen molar-refractivity contribution in [1.29, 1.82) is 0 Å². The van der Waals surface area contributed by atoms with E-state index in [0.717, 1.165) is 25.9 Å². The molecule has 0 fully saturated rings. The van der Waals surface area contributed by atoms with Crippen LogP contribution in [0, 0.1) is 0 Å². The van der Waals surface area contributed by atoms with Crippen molar-refractivity contribution >= 4 is 5.84 Å². The first-order valence-corrected chi connectivity index (χ1v) is 5.26. The van der Waals surface area contributed by atoms with Gasteiger partial charge in [-0.3, -0.25) is 4.99 Å². The number of nitrogens with zero attached hydrogens (tertiary/aromatic N) is 1. The fraction of sp³-hybridized carbons (Fsp3) is 0.417. The van der Waals surface area contributed by atoms with Crippen molar-refractivity contribution in [2.24, 2.45) is 4.99 Å². The van der Waals surface area contributed by atoms with E-state index in [9.17, 15) is 0 Å². The predicted molar refractivity (Wildman–Crippen MR) is 59.7 cm³/mol. The van der Waals surface area contributed by atoms with Gasteiger partial charge in [0.1, 0.15) is 0 Å². The molecule has 14 heavy (non-hydrogen) atoms. The van der Waals surface area contributed by atoms with Crippen LogP contribution in [-0.2, 0) is 6.42 Å². The molecule has 1 aromatic carbocycles. The molecule has 1 aliphatic heterocycles. The lowest BCUT2D eigenvalue weighted by atomic mass is 10.1. The lowest BCUT2D eigenvalue weighted by Gasteiger charge is -2.02. The second kappa shape index (κ2) is 4.80. The maximum atomic E-state index is 4.37. The van der Waals surface area contributed by atoms with E-state index in [-0.39, 0.29) is 0 Å². The Kier molecular flexibility index (Phi) is 3.17. The van der Waals surface area contributed by atoms with E-state index < -0.39 is 0 Å². The predicted octanol–water partition coefficient (Wildman–Crippen LogP) is 2.01. The number of amidine groups is 1. The Morgan fingerprint density at radius 3 is 2.71 bits per heavy atom. The first-order valence-electron chi connectivity index (χ1n) is 5.26. The van der Waals surface area contributed by atoms with Gasteiger partial charge in [-0.25, -0.2) is 0 Å². The number of nitrogens with one attached hydrogen (secondary N) is 1. The SMILES string of the molecule is c1ccc(CCCC2=NCCN2)cc1. The van der Waals surface area contributed by atoms with Crippen molar-refractivity contribution in [3.8, 4) is 0 Å². The van der Waals surface area contributed by atoms with Crippen LogP contribution >= 0.6 is 0 Å². The first-order chi connectivity index (χ1) is 6.95. The van der Waals surface area contributed by atoms with Gasteiger partial charge < -0.3 is 5.32 Å². The highest BCUT2D eigenvalue weighted by Gasteiger charge is 2.03. The summed E-state index contributed by atoms with van der Waals surface area (Å²) in [6.45, 7) is 1.99. The molecule has 0 saturated heterocycles. The fourth-order valence-corrected chi connectivity index (χ4v) is 1.72. The minimum absolute atomic E-state index is 0.959. The van der Waals surface area contributed by atoms with Gasteiger partial charge >= 0.3 is 0 Å². The van der Waals surface area contributed by atoms with Gasteiger partial charge in [-0.15, -0.1) is 0 Å². The monoisotopic (exact) mass is 188 g/mol. The number of rotatable bonds is 4. The van der Waals surface area contributed by atoms with Gasteiger partial charge in [0.2, 0.25) is 0 Å². The molecular weight excluding hydrogens is 172 g/mol. The summed E-state index contributed by atoms with van der Waals surface area (Å²) in [5, 5.41) is 3.29. The molecule has 0 unspecified atom stereocenters. The molecule has 2 nitrogen and oxygen atoms in total. The van der Waals surface area contributed by atoms with E-state index in [1.54, 1.807) is 0 Å². The van der Waals surface area contributed by atoms with E-state index in [1.165, 1.54) is 17.8 Å². The first kappa shape index (κ1) is 9.25. The Morgan fingerprint density at radius 1 is 1.14 bits per heavy atom. The Morgan fingerprint density at radius 2 is 2.00 bits per heavy atom. The number of hydrogen-bond donors (Lipinski definition) is 1. The van der Waals surface area contributed by atoms with Crippen LogP contribution in [0.2, 0.25) is 0 Å². The lowest BCUT2D eigenvalue weighted by molar-refractivity contribution is 0.845. The van der Waals surface area contributed by atoms with Gasteiger partial charge in [-0.1, -0.05) is 30.3 Å². The zero-order chi connectivity index (χ0) is 9.64. The van der Waals surface area contributed by atoms with Crippen molar-refractivity contribution < 1.29 is 0 Å². The van der Waals surface area contributed by atoms with E-state index in [2.05, 4.69) is 40.6 Å². The maximum absolute atomic E-state index is 4.37. The van der Waals surface area contributed by atoms with Crippen LogP contribution in [0.15, 0.2) is 35.3 Å². The summed E-state index contributed by atoms with van der Waals surface area (Å²) < 4.78 is 0. The molecule has 0 aromatic heterocycles. The number of aryl methyl sites for hydroxylation is 1. The van der Waals surface area contributed by atoms with E-state index in [4.69, 9.17) is 0 Å². The van der Waals surface area contributed by atoms with E-state index in [1.807, 2.05) is 0 Å². The van der Waals surface area contributed by atoms with E-state index in [0.29, 0.717) is 0 Å². The molecule has 0 radical (unpaired) electrons. The Bertz CT molecular complexity index is 303. The molecule has 74 valence electrons. The summed E-state index contributed by atoms with van der Waals surface area (Å²) in [4.78, 5) is 4.37. The summed E-state index contributed by atoms with van der Waals surface area (Å²) in [7, 11) is 0. The third-order valence-corrected chi connectivity index (χ3v) is 2.47. The molecule has 1 N–H and O–H groups in total. The van der Waals surface area contributed by atoms with Gasteiger partial charge in [-0.05, 0) is 18.4 Å². The average molecular weight is 188 g/mol. The third kappa shape index (κ3) is 2.59. The molecule has 0 amide bonds. The third-order valence-electron chi connectivity index (χ3n) is 2.47. The minimum atomic E-state index is 0.959. The Balaban J connectivity index is 1.73. The van der Waals surface area contributed by atoms with Gasteiger partial charge in [-0.2, -0.15) is 0 Å². The fourth-order valence-electron chi connectivity index (χ4n) is 1.72. The van der Waals surface area contributed by atoms with Crippen LogP contribution in [0.4, 0.5) is 0 Å². The molecule has 2 heteroatoms. The van der Waals surface area contributed by atoms with Crippen molar-refractivity contribution in [3.05, 3.63) is 35.9 Å². The minimum Gasteiger partial charge on any atom is -0.372 e. The Labute approximate surface area is 85.1 Å². The molecule has 0 aliphatic carbocycles. The second-order valence-corrected chi connectivity index (χ2v) is 3.59. The molecule has 1 aliphatic rings. The average Bonchev–Trinajstić information content (AvgIpc) is 2.72. The molecule has 2 rings (SSSR count). The molecule has 0 saturated carbocycles.